The molecule has 0 aliphatic rings. The van der Waals surface area contributed by atoms with Crippen molar-refractivity contribution in [1.82, 2.24) is 15.1 Å². The lowest BCUT2D eigenvalue weighted by Crippen LogP contribution is -2.31. The quantitative estimate of drug-likeness (QED) is 0.517. The van der Waals surface area contributed by atoms with Gasteiger partial charge in [0.25, 0.3) is 11.5 Å². The Morgan fingerprint density at radius 2 is 1.45 bits per heavy atom. The third-order valence-electron chi connectivity index (χ3n) is 4.87. The van der Waals surface area contributed by atoms with Crippen LogP contribution in [0.5, 0.6) is 0 Å². The van der Waals surface area contributed by atoms with E-state index in [0.717, 1.165) is 11.1 Å². The summed E-state index contributed by atoms with van der Waals surface area (Å²) in [5.41, 5.74) is 3.65. The van der Waals surface area contributed by atoms with Crippen LogP contribution in [0.15, 0.2) is 95.8 Å². The maximum atomic E-state index is 13.1. The van der Waals surface area contributed by atoms with Crippen molar-refractivity contribution in [3.05, 3.63) is 113 Å². The number of nitrogens with zero attached hydrogens (tertiary/aromatic N) is 2. The van der Waals surface area contributed by atoms with Crippen LogP contribution in [0.3, 0.4) is 0 Å². The number of amides is 1. The van der Waals surface area contributed by atoms with Gasteiger partial charge >= 0.3 is 0 Å². The minimum Gasteiger partial charge on any atom is -0.350 e. The van der Waals surface area contributed by atoms with Gasteiger partial charge in [0.15, 0.2) is 0 Å². The molecular formula is C25H20FN3O2. The summed E-state index contributed by atoms with van der Waals surface area (Å²) in [4.78, 5) is 24.5. The molecule has 0 atom stereocenters. The van der Waals surface area contributed by atoms with Gasteiger partial charge in [-0.1, -0.05) is 42.5 Å². The molecule has 4 rings (SSSR count). The van der Waals surface area contributed by atoms with E-state index in [1.807, 2.05) is 42.5 Å². The first kappa shape index (κ1) is 20.2. The summed E-state index contributed by atoms with van der Waals surface area (Å²) in [5, 5.41) is 7.13. The normalized spacial score (nSPS) is 10.6. The van der Waals surface area contributed by atoms with Crippen molar-refractivity contribution < 1.29 is 9.18 Å². The van der Waals surface area contributed by atoms with Crippen molar-refractivity contribution in [2.75, 3.05) is 6.54 Å². The molecule has 1 aromatic heterocycles. The van der Waals surface area contributed by atoms with Gasteiger partial charge in [0.2, 0.25) is 0 Å². The minimum atomic E-state index is -0.336. The molecule has 3 aromatic carbocycles. The van der Waals surface area contributed by atoms with Gasteiger partial charge in [0.1, 0.15) is 5.82 Å². The summed E-state index contributed by atoms with van der Waals surface area (Å²) in [7, 11) is 0. The molecule has 154 valence electrons. The molecule has 0 radical (unpaired) electrons. The maximum absolute atomic E-state index is 13.1. The van der Waals surface area contributed by atoms with Gasteiger partial charge in [0, 0.05) is 23.7 Å². The Kier molecular flexibility index (Phi) is 5.98. The molecule has 0 aliphatic heterocycles. The van der Waals surface area contributed by atoms with Crippen molar-refractivity contribution in [3.8, 4) is 22.4 Å². The number of rotatable bonds is 6. The van der Waals surface area contributed by atoms with E-state index in [2.05, 4.69) is 10.4 Å². The lowest BCUT2D eigenvalue weighted by atomic mass is 10.0. The largest absolute Gasteiger partial charge is 0.350 e. The zero-order valence-corrected chi connectivity index (χ0v) is 16.7. The Morgan fingerprint density at radius 3 is 2.16 bits per heavy atom. The van der Waals surface area contributed by atoms with Crippen LogP contribution in [0.1, 0.15) is 10.4 Å². The highest BCUT2D eigenvalue weighted by molar-refractivity contribution is 5.94. The minimum absolute atomic E-state index is 0.220. The summed E-state index contributed by atoms with van der Waals surface area (Å²) < 4.78 is 14.4. The molecule has 0 unspecified atom stereocenters. The third-order valence-corrected chi connectivity index (χ3v) is 4.87. The van der Waals surface area contributed by atoms with E-state index < -0.39 is 0 Å². The van der Waals surface area contributed by atoms with Crippen LogP contribution in [0.25, 0.3) is 22.4 Å². The number of hydrogen-bond donors (Lipinski definition) is 1. The fourth-order valence-electron chi connectivity index (χ4n) is 3.21. The molecule has 6 heteroatoms. The zero-order valence-electron chi connectivity index (χ0n) is 16.7. The Hall–Kier alpha value is -4.06. The SMILES string of the molecule is O=C(NCCn1nc(-c2ccc(F)cc2)ccc1=O)c1ccc(-c2ccccc2)cc1. The number of aromatic nitrogens is 2. The molecule has 0 saturated carbocycles. The monoisotopic (exact) mass is 413 g/mol. The molecule has 31 heavy (non-hydrogen) atoms. The van der Waals surface area contributed by atoms with Gasteiger partial charge in [-0.15, -0.1) is 0 Å². The summed E-state index contributed by atoms with van der Waals surface area (Å²) in [6.45, 7) is 0.473. The molecule has 1 N–H and O–H groups in total. The van der Waals surface area contributed by atoms with Crippen LogP contribution in [-0.2, 0) is 6.54 Å². The highest BCUT2D eigenvalue weighted by Gasteiger charge is 2.07. The number of hydrogen-bond acceptors (Lipinski definition) is 3. The molecule has 0 fully saturated rings. The standard InChI is InChI=1S/C25H20FN3O2/c26-22-12-10-20(11-13-22)23-14-15-24(30)29(28-23)17-16-27-25(31)21-8-6-19(7-9-21)18-4-2-1-3-5-18/h1-15H,16-17H2,(H,27,31). The molecule has 4 aromatic rings. The Bertz CT molecular complexity index is 1230. The number of carbonyl (C=O) groups excluding carboxylic acids is 1. The average Bonchev–Trinajstić information content (AvgIpc) is 2.81. The number of benzene rings is 3. The van der Waals surface area contributed by atoms with E-state index in [1.165, 1.54) is 22.9 Å². The van der Waals surface area contributed by atoms with Crippen LogP contribution < -0.4 is 10.9 Å². The lowest BCUT2D eigenvalue weighted by Gasteiger charge is -2.09. The summed E-state index contributed by atoms with van der Waals surface area (Å²) in [6, 6.07) is 26.2. The number of nitrogens with one attached hydrogen (secondary N) is 1. The van der Waals surface area contributed by atoms with Crippen LogP contribution in [0.2, 0.25) is 0 Å². The Labute approximate surface area is 178 Å². The van der Waals surface area contributed by atoms with Crippen molar-refractivity contribution in [2.45, 2.75) is 6.54 Å². The Balaban J connectivity index is 1.39. The second-order valence-electron chi connectivity index (χ2n) is 6.99. The van der Waals surface area contributed by atoms with Crippen LogP contribution in [-0.4, -0.2) is 22.2 Å². The molecule has 0 spiro atoms. The topological polar surface area (TPSA) is 64.0 Å². The first-order chi connectivity index (χ1) is 15.1. The highest BCUT2D eigenvalue weighted by atomic mass is 19.1. The van der Waals surface area contributed by atoms with Gasteiger partial charge in [-0.3, -0.25) is 9.59 Å². The van der Waals surface area contributed by atoms with Gasteiger partial charge in [-0.05, 0) is 53.6 Å². The predicted octanol–water partition coefficient (Wildman–Crippen LogP) is 4.15. The van der Waals surface area contributed by atoms with Gasteiger partial charge in [-0.25, -0.2) is 9.07 Å². The van der Waals surface area contributed by atoms with E-state index in [-0.39, 0.29) is 30.4 Å². The molecular weight excluding hydrogens is 393 g/mol. The van der Waals surface area contributed by atoms with Gasteiger partial charge < -0.3 is 5.32 Å². The van der Waals surface area contributed by atoms with E-state index >= 15 is 0 Å². The van der Waals surface area contributed by atoms with Crippen LogP contribution in [0, 0.1) is 5.82 Å². The molecule has 0 saturated heterocycles. The van der Waals surface area contributed by atoms with Gasteiger partial charge in [-0.2, -0.15) is 5.10 Å². The second kappa shape index (κ2) is 9.17. The van der Waals surface area contributed by atoms with E-state index in [4.69, 9.17) is 0 Å². The van der Waals surface area contributed by atoms with E-state index in [0.29, 0.717) is 16.8 Å². The van der Waals surface area contributed by atoms with Crippen LogP contribution >= 0.6 is 0 Å². The molecule has 0 aliphatic carbocycles. The second-order valence-corrected chi connectivity index (χ2v) is 6.99. The van der Waals surface area contributed by atoms with Crippen LogP contribution in [0.4, 0.5) is 4.39 Å². The van der Waals surface area contributed by atoms with Gasteiger partial charge in [0.05, 0.1) is 12.2 Å². The zero-order chi connectivity index (χ0) is 21.6. The van der Waals surface area contributed by atoms with Crippen molar-refractivity contribution in [1.29, 1.82) is 0 Å². The highest BCUT2D eigenvalue weighted by Crippen LogP contribution is 2.19. The van der Waals surface area contributed by atoms with Crippen molar-refractivity contribution in [3.63, 3.8) is 0 Å². The Morgan fingerprint density at radius 1 is 0.806 bits per heavy atom. The van der Waals surface area contributed by atoms with Crippen molar-refractivity contribution >= 4 is 5.91 Å². The first-order valence-electron chi connectivity index (χ1n) is 9.88. The van der Waals surface area contributed by atoms with Crippen molar-refractivity contribution in [2.24, 2.45) is 0 Å². The lowest BCUT2D eigenvalue weighted by molar-refractivity contribution is 0.0952. The van der Waals surface area contributed by atoms with E-state index in [9.17, 15) is 14.0 Å². The molecule has 1 amide bonds. The third kappa shape index (κ3) is 4.93. The average molecular weight is 413 g/mol. The summed E-state index contributed by atoms with van der Waals surface area (Å²) in [6.07, 6.45) is 0. The summed E-state index contributed by atoms with van der Waals surface area (Å²) in [5.74, 6) is -0.557. The molecule has 1 heterocycles. The van der Waals surface area contributed by atoms with E-state index in [1.54, 1.807) is 30.3 Å². The number of carbonyl (C=O) groups is 1. The fraction of sp³-hybridized carbons (Fsp3) is 0.0800. The molecule has 0 bridgehead atoms. The number of halogens is 1. The fourth-order valence-corrected chi connectivity index (χ4v) is 3.21. The smallest absolute Gasteiger partial charge is 0.266 e. The summed E-state index contributed by atoms with van der Waals surface area (Å²) >= 11 is 0. The maximum Gasteiger partial charge on any atom is 0.266 e. The predicted molar refractivity (Wildman–Crippen MR) is 118 cm³/mol. The molecule has 5 nitrogen and oxygen atoms in total. The first-order valence-corrected chi connectivity index (χ1v) is 9.88.